The molecule has 1 aromatic carbocycles. The zero-order valence-corrected chi connectivity index (χ0v) is 12.1. The molecule has 0 atom stereocenters. The molecule has 0 spiro atoms. The predicted molar refractivity (Wildman–Crippen MR) is 80.3 cm³/mol. The van der Waals surface area contributed by atoms with E-state index in [0.29, 0.717) is 5.69 Å². The molecule has 0 radical (unpaired) electrons. The average molecular weight is 272 g/mol. The third-order valence-corrected chi connectivity index (χ3v) is 4.27. The minimum atomic E-state index is 0.0943. The molecule has 2 aromatic rings. The molecule has 0 bridgehead atoms. The summed E-state index contributed by atoms with van der Waals surface area (Å²) in [5.74, 6) is 0. The number of fused-ring (bicyclic) bond motifs is 1. The highest BCUT2D eigenvalue weighted by molar-refractivity contribution is 7.99. The van der Waals surface area contributed by atoms with Crippen molar-refractivity contribution in [2.75, 3.05) is 18.1 Å². The monoisotopic (exact) mass is 272 g/mol. The quantitative estimate of drug-likeness (QED) is 0.926. The summed E-state index contributed by atoms with van der Waals surface area (Å²) in [5, 5.41) is 21.5. The van der Waals surface area contributed by atoms with Gasteiger partial charge in [-0.15, -0.1) is 10.2 Å². The van der Waals surface area contributed by atoms with Gasteiger partial charge in [-0.3, -0.25) is 0 Å². The van der Waals surface area contributed by atoms with Crippen molar-refractivity contribution in [1.82, 2.24) is 10.2 Å². The third-order valence-electron chi connectivity index (χ3n) is 3.02. The van der Waals surface area contributed by atoms with Crippen LogP contribution >= 0.6 is 11.8 Å². The topological polar surface area (TPSA) is 61.6 Å². The highest BCUT2D eigenvalue weighted by Gasteiger charge is 2.18. The van der Waals surface area contributed by atoms with Crippen LogP contribution in [0.1, 0.15) is 19.5 Å². The summed E-state index contributed by atoms with van der Waals surface area (Å²) < 4.78 is 0.0943. The lowest BCUT2D eigenvalue weighted by Crippen LogP contribution is -2.26. The Balaban J connectivity index is 2.43. The summed E-state index contributed by atoms with van der Waals surface area (Å²) >= 11 is 1.78. The molecule has 0 saturated heterocycles. The zero-order valence-electron chi connectivity index (χ0n) is 11.3. The van der Waals surface area contributed by atoms with E-state index in [9.17, 15) is 0 Å². The Labute approximate surface area is 117 Å². The van der Waals surface area contributed by atoms with Crippen molar-refractivity contribution in [1.29, 1.82) is 5.26 Å². The normalized spacial score (nSPS) is 11.3. The van der Waals surface area contributed by atoms with Crippen LogP contribution in [-0.2, 0) is 0 Å². The van der Waals surface area contributed by atoms with Gasteiger partial charge in [0, 0.05) is 16.7 Å². The lowest BCUT2D eigenvalue weighted by atomic mass is 10.1. The number of thioether (sulfide) groups is 1. The number of hydrogen-bond acceptors (Lipinski definition) is 5. The molecule has 1 N–H and O–H groups in total. The van der Waals surface area contributed by atoms with Crippen LogP contribution in [-0.4, -0.2) is 27.7 Å². The second kappa shape index (κ2) is 5.45. The van der Waals surface area contributed by atoms with Crippen LogP contribution in [0.5, 0.6) is 0 Å². The molecule has 98 valence electrons. The smallest absolute Gasteiger partial charge is 0.186 e. The van der Waals surface area contributed by atoms with Crippen molar-refractivity contribution in [2.45, 2.75) is 18.6 Å². The highest BCUT2D eigenvalue weighted by Crippen LogP contribution is 2.27. The van der Waals surface area contributed by atoms with Gasteiger partial charge >= 0.3 is 0 Å². The van der Waals surface area contributed by atoms with E-state index in [1.54, 1.807) is 11.8 Å². The SMILES string of the molecule is CSC(C)(C)CNc1c(C#N)nnc2ccccc12. The van der Waals surface area contributed by atoms with Gasteiger partial charge in [0.25, 0.3) is 0 Å². The van der Waals surface area contributed by atoms with Crippen LogP contribution in [0.2, 0.25) is 0 Å². The molecule has 0 aliphatic carbocycles. The molecule has 0 unspecified atom stereocenters. The van der Waals surface area contributed by atoms with Crippen LogP contribution in [0.25, 0.3) is 10.9 Å². The number of nitriles is 1. The third kappa shape index (κ3) is 2.96. The van der Waals surface area contributed by atoms with E-state index in [1.165, 1.54) is 0 Å². The van der Waals surface area contributed by atoms with E-state index in [0.717, 1.165) is 23.1 Å². The Morgan fingerprint density at radius 3 is 2.74 bits per heavy atom. The Bertz CT molecular complexity index is 631. The van der Waals surface area contributed by atoms with E-state index in [-0.39, 0.29) is 4.75 Å². The largest absolute Gasteiger partial charge is 0.381 e. The molecule has 19 heavy (non-hydrogen) atoms. The van der Waals surface area contributed by atoms with Crippen LogP contribution in [0, 0.1) is 11.3 Å². The van der Waals surface area contributed by atoms with E-state index < -0.39 is 0 Å². The number of benzene rings is 1. The molecule has 0 aliphatic heterocycles. The summed E-state index contributed by atoms with van der Waals surface area (Å²) in [5.41, 5.74) is 1.91. The Morgan fingerprint density at radius 1 is 1.32 bits per heavy atom. The summed E-state index contributed by atoms with van der Waals surface area (Å²) in [6.07, 6.45) is 2.08. The van der Waals surface area contributed by atoms with Gasteiger partial charge in [0.15, 0.2) is 5.69 Å². The fraction of sp³-hybridized carbons (Fsp3) is 0.357. The van der Waals surface area contributed by atoms with Gasteiger partial charge in [-0.05, 0) is 26.2 Å². The van der Waals surface area contributed by atoms with Crippen molar-refractivity contribution in [2.24, 2.45) is 0 Å². The lowest BCUT2D eigenvalue weighted by molar-refractivity contribution is 0.752. The average Bonchev–Trinajstić information content (AvgIpc) is 2.44. The molecule has 1 aromatic heterocycles. The van der Waals surface area contributed by atoms with Crippen molar-refractivity contribution in [3.8, 4) is 6.07 Å². The van der Waals surface area contributed by atoms with Crippen LogP contribution < -0.4 is 5.32 Å². The first kappa shape index (κ1) is 13.6. The van der Waals surface area contributed by atoms with Gasteiger partial charge in [0.2, 0.25) is 0 Å². The summed E-state index contributed by atoms with van der Waals surface area (Å²) in [6.45, 7) is 5.08. The fourth-order valence-corrected chi connectivity index (χ4v) is 1.90. The predicted octanol–water partition coefficient (Wildman–Crippen LogP) is 3.05. The zero-order chi connectivity index (χ0) is 13.9. The molecule has 0 aliphatic rings. The second-order valence-corrected chi connectivity index (χ2v) is 6.38. The first-order chi connectivity index (χ1) is 9.07. The van der Waals surface area contributed by atoms with Crippen molar-refractivity contribution < 1.29 is 0 Å². The van der Waals surface area contributed by atoms with Gasteiger partial charge in [0.1, 0.15) is 6.07 Å². The van der Waals surface area contributed by atoms with Crippen LogP contribution in [0.15, 0.2) is 24.3 Å². The van der Waals surface area contributed by atoms with Gasteiger partial charge in [0.05, 0.1) is 11.2 Å². The van der Waals surface area contributed by atoms with Crippen molar-refractivity contribution in [3.63, 3.8) is 0 Å². The number of aromatic nitrogens is 2. The lowest BCUT2D eigenvalue weighted by Gasteiger charge is -2.23. The molecule has 0 saturated carbocycles. The standard InChI is InChI=1S/C14H16N4S/c1-14(2,19-3)9-16-13-10-6-4-5-7-11(10)17-18-12(13)8-15/h4-7H,9H2,1-3H3,(H,16,17). The van der Waals surface area contributed by atoms with Crippen LogP contribution in [0.4, 0.5) is 5.69 Å². The van der Waals surface area contributed by atoms with Gasteiger partial charge in [-0.2, -0.15) is 17.0 Å². The molecule has 2 rings (SSSR count). The minimum absolute atomic E-state index is 0.0943. The summed E-state index contributed by atoms with van der Waals surface area (Å²) in [4.78, 5) is 0. The Morgan fingerprint density at radius 2 is 2.05 bits per heavy atom. The van der Waals surface area contributed by atoms with Gasteiger partial charge in [-0.1, -0.05) is 18.2 Å². The summed E-state index contributed by atoms with van der Waals surface area (Å²) in [7, 11) is 0. The number of nitrogens with one attached hydrogen (secondary N) is 1. The number of anilines is 1. The van der Waals surface area contributed by atoms with E-state index in [1.807, 2.05) is 24.3 Å². The molecule has 0 amide bonds. The van der Waals surface area contributed by atoms with Crippen molar-refractivity contribution in [3.05, 3.63) is 30.0 Å². The molecule has 4 nitrogen and oxygen atoms in total. The Hall–Kier alpha value is -1.80. The molecular formula is C14H16N4S. The number of hydrogen-bond donors (Lipinski definition) is 1. The van der Waals surface area contributed by atoms with Crippen LogP contribution in [0.3, 0.4) is 0 Å². The first-order valence-electron chi connectivity index (χ1n) is 6.02. The fourth-order valence-electron chi connectivity index (χ4n) is 1.68. The van der Waals surface area contributed by atoms with Gasteiger partial charge < -0.3 is 5.32 Å². The maximum Gasteiger partial charge on any atom is 0.186 e. The molecular weight excluding hydrogens is 256 g/mol. The Kier molecular flexibility index (Phi) is 3.91. The van der Waals surface area contributed by atoms with E-state index in [2.05, 4.69) is 41.7 Å². The maximum atomic E-state index is 9.17. The first-order valence-corrected chi connectivity index (χ1v) is 7.24. The number of nitrogens with zero attached hydrogens (tertiary/aromatic N) is 3. The second-order valence-electron chi connectivity index (χ2n) is 4.87. The molecule has 1 heterocycles. The highest BCUT2D eigenvalue weighted by atomic mass is 32.2. The van der Waals surface area contributed by atoms with Crippen molar-refractivity contribution >= 4 is 28.4 Å². The minimum Gasteiger partial charge on any atom is -0.381 e. The molecule has 0 fully saturated rings. The summed E-state index contributed by atoms with van der Waals surface area (Å²) in [6, 6.07) is 9.81. The molecule has 5 heteroatoms. The maximum absolute atomic E-state index is 9.17. The van der Waals surface area contributed by atoms with Gasteiger partial charge in [-0.25, -0.2) is 0 Å². The number of rotatable bonds is 4. The van der Waals surface area contributed by atoms with E-state index in [4.69, 9.17) is 5.26 Å². The van der Waals surface area contributed by atoms with E-state index >= 15 is 0 Å².